The van der Waals surface area contributed by atoms with Crippen LogP contribution in [0.1, 0.15) is 62.0 Å². The summed E-state index contributed by atoms with van der Waals surface area (Å²) in [5, 5.41) is 2.74. The van der Waals surface area contributed by atoms with Gasteiger partial charge >= 0.3 is 0 Å². The molecular formula is C33H41F2N7. The molecule has 0 bridgehead atoms. The lowest BCUT2D eigenvalue weighted by atomic mass is 9.89. The summed E-state index contributed by atoms with van der Waals surface area (Å²) < 4.78 is 28.5. The molecule has 7 nitrogen and oxygen atoms in total. The van der Waals surface area contributed by atoms with E-state index in [0.717, 1.165) is 73.0 Å². The Kier molecular flexibility index (Phi) is 9.47. The number of aromatic nitrogens is 1. The quantitative estimate of drug-likeness (QED) is 0.188. The molecule has 3 fully saturated rings. The molecule has 222 valence electrons. The van der Waals surface area contributed by atoms with Crippen LogP contribution in [0.2, 0.25) is 0 Å². The van der Waals surface area contributed by atoms with Crippen molar-refractivity contribution in [1.82, 2.24) is 14.8 Å². The molecule has 5 rings (SSSR count). The van der Waals surface area contributed by atoms with Gasteiger partial charge in [-0.25, -0.2) is 8.78 Å². The van der Waals surface area contributed by atoms with Crippen LogP contribution in [0.15, 0.2) is 76.8 Å². The third-order valence-electron chi connectivity index (χ3n) is 8.67. The third-order valence-corrected chi connectivity index (χ3v) is 8.67. The molecule has 1 aromatic carbocycles. The number of hydrogen-bond acceptors (Lipinski definition) is 6. The van der Waals surface area contributed by atoms with E-state index in [1.165, 1.54) is 43.7 Å². The number of amidine groups is 1. The molecule has 2 saturated carbocycles. The fourth-order valence-electron chi connectivity index (χ4n) is 5.94. The average Bonchev–Trinajstić information content (AvgIpc) is 3.80. The van der Waals surface area contributed by atoms with Gasteiger partial charge in [-0.1, -0.05) is 19.1 Å². The predicted octanol–water partition coefficient (Wildman–Crippen LogP) is 6.29. The Morgan fingerprint density at radius 3 is 2.45 bits per heavy atom. The highest BCUT2D eigenvalue weighted by Crippen LogP contribution is 2.44. The summed E-state index contributed by atoms with van der Waals surface area (Å²) in [4.78, 5) is 18.9. The van der Waals surface area contributed by atoms with Crippen LogP contribution < -0.4 is 11.1 Å². The molecule has 1 aromatic heterocycles. The smallest absolute Gasteiger partial charge is 0.149 e. The Balaban J connectivity index is 1.44. The highest BCUT2D eigenvalue weighted by molar-refractivity contribution is 6.04. The number of benzene rings is 1. The molecule has 0 spiro atoms. The summed E-state index contributed by atoms with van der Waals surface area (Å²) in [5.41, 5.74) is 9.43. The lowest BCUT2D eigenvalue weighted by Gasteiger charge is -2.44. The Morgan fingerprint density at radius 1 is 1.14 bits per heavy atom. The van der Waals surface area contributed by atoms with E-state index >= 15 is 0 Å². The van der Waals surface area contributed by atoms with E-state index in [1.54, 1.807) is 18.3 Å². The van der Waals surface area contributed by atoms with E-state index in [9.17, 15) is 8.78 Å². The van der Waals surface area contributed by atoms with Crippen LogP contribution in [0.25, 0.3) is 0 Å². The van der Waals surface area contributed by atoms with E-state index in [0.29, 0.717) is 17.7 Å². The number of rotatable bonds is 11. The van der Waals surface area contributed by atoms with Crippen LogP contribution in [-0.4, -0.2) is 66.1 Å². The van der Waals surface area contributed by atoms with Gasteiger partial charge in [-0.05, 0) is 92.8 Å². The van der Waals surface area contributed by atoms with E-state index in [4.69, 9.17) is 10.7 Å². The number of likely N-dealkylation sites (tertiary alicyclic amines) is 1. The zero-order chi connectivity index (χ0) is 29.6. The van der Waals surface area contributed by atoms with Gasteiger partial charge in [-0.2, -0.15) is 0 Å². The summed E-state index contributed by atoms with van der Waals surface area (Å²) in [5.74, 6) is -0.105. The molecule has 42 heavy (non-hydrogen) atoms. The highest BCUT2D eigenvalue weighted by Gasteiger charge is 2.34. The van der Waals surface area contributed by atoms with Gasteiger partial charge in [0, 0.05) is 49.7 Å². The fourth-order valence-corrected chi connectivity index (χ4v) is 5.94. The van der Waals surface area contributed by atoms with Crippen molar-refractivity contribution in [2.45, 2.75) is 62.9 Å². The van der Waals surface area contributed by atoms with Gasteiger partial charge in [-0.15, -0.1) is 0 Å². The zero-order valence-corrected chi connectivity index (χ0v) is 24.4. The largest absolute Gasteiger partial charge is 0.405 e. The molecular weight excluding hydrogens is 532 g/mol. The number of halogens is 2. The predicted molar refractivity (Wildman–Crippen MR) is 167 cm³/mol. The molecule has 3 aliphatic rings. The summed E-state index contributed by atoms with van der Waals surface area (Å²) in [7, 11) is 2.12. The summed E-state index contributed by atoms with van der Waals surface area (Å²) in [6.07, 6.45) is 16.9. The molecule has 1 saturated heterocycles. The number of anilines is 1. The molecule has 9 heteroatoms. The Labute approximate surface area is 247 Å². The third kappa shape index (κ3) is 6.78. The first-order chi connectivity index (χ1) is 20.4. The highest BCUT2D eigenvalue weighted by atomic mass is 19.1. The van der Waals surface area contributed by atoms with Gasteiger partial charge < -0.3 is 20.9 Å². The van der Waals surface area contributed by atoms with Crippen LogP contribution in [0.4, 0.5) is 20.2 Å². The minimum absolute atomic E-state index is 0.250. The topological polar surface area (TPSA) is 82.1 Å². The van der Waals surface area contributed by atoms with E-state index in [2.05, 4.69) is 45.4 Å². The number of allylic oxidation sites excluding steroid dienone is 1. The monoisotopic (exact) mass is 573 g/mol. The first-order valence-corrected chi connectivity index (χ1v) is 14.8. The average molecular weight is 574 g/mol. The number of pyridine rings is 1. The lowest BCUT2D eigenvalue weighted by molar-refractivity contribution is 0.0796. The van der Waals surface area contributed by atoms with E-state index in [-0.39, 0.29) is 12.2 Å². The van der Waals surface area contributed by atoms with E-state index < -0.39 is 11.6 Å². The molecule has 0 radical (unpaired) electrons. The van der Waals surface area contributed by atoms with E-state index in [1.807, 2.05) is 6.20 Å². The molecule has 1 aliphatic heterocycles. The second-order valence-corrected chi connectivity index (χ2v) is 11.5. The van der Waals surface area contributed by atoms with Crippen LogP contribution >= 0.6 is 0 Å². The van der Waals surface area contributed by atoms with Crippen molar-refractivity contribution in [3.8, 4) is 0 Å². The summed E-state index contributed by atoms with van der Waals surface area (Å²) in [6, 6.07) is 4.80. The van der Waals surface area contributed by atoms with Crippen molar-refractivity contribution >= 4 is 23.9 Å². The number of hydrogen-bond donors (Lipinski definition) is 2. The number of nitrogens with two attached hydrogens (primary N) is 1. The normalized spacial score (nSPS) is 19.1. The van der Waals surface area contributed by atoms with Gasteiger partial charge in [-0.3, -0.25) is 15.0 Å². The lowest BCUT2D eigenvalue weighted by Crippen LogP contribution is -2.50. The van der Waals surface area contributed by atoms with Crippen molar-refractivity contribution in [1.29, 1.82) is 0 Å². The van der Waals surface area contributed by atoms with Crippen molar-refractivity contribution < 1.29 is 8.78 Å². The molecule has 0 amide bonds. The van der Waals surface area contributed by atoms with Crippen molar-refractivity contribution in [2.75, 3.05) is 32.0 Å². The summed E-state index contributed by atoms with van der Waals surface area (Å²) in [6.45, 7) is 10.3. The summed E-state index contributed by atoms with van der Waals surface area (Å²) >= 11 is 0. The Hall–Kier alpha value is -3.85. The van der Waals surface area contributed by atoms with Crippen LogP contribution in [0.3, 0.4) is 0 Å². The van der Waals surface area contributed by atoms with Gasteiger partial charge in [0.25, 0.3) is 0 Å². The SMILES string of the molecule is C=Nc1cncc(C2CC2)c1/C(=N\CC(/C=C\N)=C/C(=C)Nc1c(F)cccc1F)N(C)C1CCN(C2CCC2)CC1. The van der Waals surface area contributed by atoms with Crippen LogP contribution in [-0.2, 0) is 0 Å². The molecule has 2 aromatic rings. The standard InChI is InChI=1S/C33H41F2N7/c1-22(40-32-28(34)8-5-9-29(32)35)18-23(12-15-36)19-39-33(31-27(24-10-11-24)20-38-21-30(31)37-2)41(3)25-13-16-42(17-14-25)26-6-4-7-26/h5,8-9,12,15,18,20-21,24-26,40H,1-2,4,6-7,10-11,13-14,16-17,19,36H2,3H3/b15-12-,23-18+,39-33+. The number of aliphatic imine (C=N–C) groups is 2. The van der Waals surface area contributed by atoms with Gasteiger partial charge in [0.2, 0.25) is 0 Å². The van der Waals surface area contributed by atoms with Crippen LogP contribution in [0.5, 0.6) is 0 Å². The molecule has 3 N–H and O–H groups in total. The van der Waals surface area contributed by atoms with Crippen LogP contribution in [0, 0.1) is 11.6 Å². The zero-order valence-electron chi connectivity index (χ0n) is 24.4. The van der Waals surface area contributed by atoms with Crippen molar-refractivity contribution in [3.63, 3.8) is 0 Å². The number of piperidine rings is 1. The number of nitrogens with one attached hydrogen (secondary N) is 1. The molecule has 0 unspecified atom stereocenters. The molecule has 2 heterocycles. The van der Waals surface area contributed by atoms with Gasteiger partial charge in [0.15, 0.2) is 0 Å². The van der Waals surface area contributed by atoms with Gasteiger partial charge in [0.05, 0.1) is 18.4 Å². The molecule has 2 aliphatic carbocycles. The second kappa shape index (κ2) is 13.4. The fraction of sp³-hybridized carbons (Fsp3) is 0.424. The van der Waals surface area contributed by atoms with Crippen molar-refractivity contribution in [3.05, 3.63) is 89.6 Å². The second-order valence-electron chi connectivity index (χ2n) is 11.5. The minimum Gasteiger partial charge on any atom is -0.405 e. The molecule has 0 atom stereocenters. The Morgan fingerprint density at radius 2 is 1.86 bits per heavy atom. The Bertz CT molecular complexity index is 1360. The first-order valence-electron chi connectivity index (χ1n) is 14.8. The number of nitrogens with zero attached hydrogens (tertiary/aromatic N) is 5. The first kappa shape index (κ1) is 29.6. The van der Waals surface area contributed by atoms with Crippen molar-refractivity contribution in [2.24, 2.45) is 15.7 Å². The minimum atomic E-state index is -0.694. The van der Waals surface area contributed by atoms with Gasteiger partial charge in [0.1, 0.15) is 23.2 Å². The maximum atomic E-state index is 14.2. The number of para-hydroxylation sites is 1. The maximum absolute atomic E-state index is 14.2. The maximum Gasteiger partial charge on any atom is 0.149 e.